The highest BCUT2D eigenvalue weighted by Gasteiger charge is 2.13. The van der Waals surface area contributed by atoms with Crippen LogP contribution in [0.4, 0.5) is 10.1 Å². The summed E-state index contributed by atoms with van der Waals surface area (Å²) in [6.07, 6.45) is 0. The van der Waals surface area contributed by atoms with Crippen LogP contribution < -0.4 is 5.32 Å². The van der Waals surface area contributed by atoms with Crippen LogP contribution in [0.15, 0.2) is 46.9 Å². The molecule has 0 saturated heterocycles. The standard InChI is InChI=1S/C16H15BrFNO3/c17-12-6-5-11(14(18)9-12)10-22-16(21)13-3-1-2-4-15(13)19-7-8-20/h1-6,9,19-20H,7-8,10H2. The molecule has 0 radical (unpaired) electrons. The van der Waals surface area contributed by atoms with Crippen LogP contribution in [0.25, 0.3) is 0 Å². The number of ether oxygens (including phenoxy) is 1. The fourth-order valence-corrected chi connectivity index (χ4v) is 2.20. The number of hydrogen-bond acceptors (Lipinski definition) is 4. The molecule has 2 aromatic carbocycles. The van der Waals surface area contributed by atoms with Crippen molar-refractivity contribution < 1.29 is 19.0 Å². The van der Waals surface area contributed by atoms with Crippen molar-refractivity contribution in [2.45, 2.75) is 6.61 Å². The molecule has 2 N–H and O–H groups in total. The molecule has 4 nitrogen and oxygen atoms in total. The molecule has 0 aromatic heterocycles. The number of carbonyl (C=O) groups is 1. The Hall–Kier alpha value is -1.92. The Morgan fingerprint density at radius 2 is 2.05 bits per heavy atom. The van der Waals surface area contributed by atoms with E-state index in [9.17, 15) is 9.18 Å². The molecule has 0 saturated carbocycles. The Morgan fingerprint density at radius 1 is 1.27 bits per heavy atom. The van der Waals surface area contributed by atoms with Crippen LogP contribution >= 0.6 is 15.9 Å². The number of hydrogen-bond donors (Lipinski definition) is 2. The van der Waals surface area contributed by atoms with E-state index in [-0.39, 0.29) is 13.2 Å². The number of carbonyl (C=O) groups excluding carboxylic acids is 1. The molecular formula is C16H15BrFNO3. The zero-order valence-electron chi connectivity index (χ0n) is 11.7. The van der Waals surface area contributed by atoms with E-state index >= 15 is 0 Å². The fraction of sp³-hybridized carbons (Fsp3) is 0.188. The van der Waals surface area contributed by atoms with E-state index in [4.69, 9.17) is 9.84 Å². The Bertz CT molecular complexity index is 664. The van der Waals surface area contributed by atoms with E-state index in [1.165, 1.54) is 6.07 Å². The van der Waals surface area contributed by atoms with Gasteiger partial charge in [-0.05, 0) is 24.3 Å². The highest BCUT2D eigenvalue weighted by atomic mass is 79.9. The minimum atomic E-state index is -0.552. The molecule has 0 spiro atoms. The Kier molecular flexibility index (Phi) is 5.91. The molecule has 0 amide bonds. The zero-order chi connectivity index (χ0) is 15.9. The van der Waals surface area contributed by atoms with Crippen LogP contribution in [-0.4, -0.2) is 24.2 Å². The van der Waals surface area contributed by atoms with E-state index in [2.05, 4.69) is 21.2 Å². The van der Waals surface area contributed by atoms with Crippen molar-refractivity contribution in [3.05, 3.63) is 63.9 Å². The van der Waals surface area contributed by atoms with Gasteiger partial charge in [-0.15, -0.1) is 0 Å². The number of nitrogens with one attached hydrogen (secondary N) is 1. The third kappa shape index (κ3) is 4.29. The van der Waals surface area contributed by atoms with Crippen LogP contribution in [0.2, 0.25) is 0 Å². The van der Waals surface area contributed by atoms with Gasteiger partial charge in [0.15, 0.2) is 0 Å². The molecular weight excluding hydrogens is 353 g/mol. The van der Waals surface area contributed by atoms with Crippen molar-refractivity contribution >= 4 is 27.6 Å². The summed E-state index contributed by atoms with van der Waals surface area (Å²) in [6, 6.07) is 11.4. The number of aliphatic hydroxyl groups excluding tert-OH is 1. The topological polar surface area (TPSA) is 58.6 Å². The molecule has 0 bridgehead atoms. The Balaban J connectivity index is 2.06. The number of benzene rings is 2. The first-order chi connectivity index (χ1) is 10.6. The molecule has 0 unspecified atom stereocenters. The molecule has 0 aliphatic heterocycles. The average molecular weight is 368 g/mol. The van der Waals surface area contributed by atoms with E-state index in [0.29, 0.717) is 27.8 Å². The predicted octanol–water partition coefficient (Wildman–Crippen LogP) is 3.35. The Morgan fingerprint density at radius 3 is 2.77 bits per heavy atom. The van der Waals surface area contributed by atoms with E-state index in [0.717, 1.165) is 0 Å². The summed E-state index contributed by atoms with van der Waals surface area (Å²) >= 11 is 3.17. The number of rotatable bonds is 6. The molecule has 116 valence electrons. The van der Waals surface area contributed by atoms with Gasteiger partial charge in [-0.1, -0.05) is 34.1 Å². The molecule has 0 heterocycles. The number of esters is 1. The number of para-hydroxylation sites is 1. The number of aliphatic hydroxyl groups is 1. The SMILES string of the molecule is O=C(OCc1ccc(Br)cc1F)c1ccccc1NCCO. The molecule has 0 fully saturated rings. The van der Waals surface area contributed by atoms with Crippen LogP contribution in [0, 0.1) is 5.82 Å². The Labute approximate surface area is 136 Å². The van der Waals surface area contributed by atoms with Crippen molar-refractivity contribution in [2.75, 3.05) is 18.5 Å². The van der Waals surface area contributed by atoms with Crippen LogP contribution in [0.1, 0.15) is 15.9 Å². The minimum absolute atomic E-state index is 0.0481. The van der Waals surface area contributed by atoms with Gasteiger partial charge in [0.2, 0.25) is 0 Å². The predicted molar refractivity (Wildman–Crippen MR) is 85.2 cm³/mol. The number of anilines is 1. The van der Waals surface area contributed by atoms with Gasteiger partial charge < -0.3 is 15.2 Å². The normalized spacial score (nSPS) is 10.3. The van der Waals surface area contributed by atoms with Crippen LogP contribution in [0.3, 0.4) is 0 Å². The van der Waals surface area contributed by atoms with Crippen LogP contribution in [-0.2, 0) is 11.3 Å². The van der Waals surface area contributed by atoms with E-state index < -0.39 is 11.8 Å². The molecule has 2 aromatic rings. The summed E-state index contributed by atoms with van der Waals surface area (Å²) in [6.45, 7) is 0.130. The van der Waals surface area contributed by atoms with Crippen molar-refractivity contribution in [2.24, 2.45) is 0 Å². The second-order valence-corrected chi connectivity index (χ2v) is 5.42. The fourth-order valence-electron chi connectivity index (χ4n) is 1.87. The second-order valence-electron chi connectivity index (χ2n) is 4.51. The van der Waals surface area contributed by atoms with Gasteiger partial charge in [0.05, 0.1) is 12.2 Å². The maximum atomic E-state index is 13.7. The third-order valence-electron chi connectivity index (χ3n) is 2.95. The zero-order valence-corrected chi connectivity index (χ0v) is 13.3. The first-order valence-electron chi connectivity index (χ1n) is 6.66. The molecule has 2 rings (SSSR count). The largest absolute Gasteiger partial charge is 0.457 e. The second kappa shape index (κ2) is 7.91. The van der Waals surface area contributed by atoms with Crippen molar-refractivity contribution in [1.29, 1.82) is 0 Å². The van der Waals surface area contributed by atoms with Gasteiger partial charge >= 0.3 is 5.97 Å². The summed E-state index contributed by atoms with van der Waals surface area (Å²) in [5.74, 6) is -0.989. The summed E-state index contributed by atoms with van der Waals surface area (Å²) in [4.78, 5) is 12.1. The van der Waals surface area contributed by atoms with Gasteiger partial charge in [-0.2, -0.15) is 0 Å². The summed E-state index contributed by atoms with van der Waals surface area (Å²) in [5, 5.41) is 11.8. The lowest BCUT2D eigenvalue weighted by Gasteiger charge is -2.11. The molecule has 6 heteroatoms. The monoisotopic (exact) mass is 367 g/mol. The van der Waals surface area contributed by atoms with Crippen molar-refractivity contribution in [1.82, 2.24) is 0 Å². The molecule has 22 heavy (non-hydrogen) atoms. The third-order valence-corrected chi connectivity index (χ3v) is 3.44. The van der Waals surface area contributed by atoms with Gasteiger partial charge in [0, 0.05) is 22.3 Å². The molecule has 0 atom stereocenters. The van der Waals surface area contributed by atoms with Gasteiger partial charge in [0.25, 0.3) is 0 Å². The summed E-state index contributed by atoms with van der Waals surface area (Å²) < 4.78 is 19.5. The maximum absolute atomic E-state index is 13.7. The van der Waals surface area contributed by atoms with Crippen molar-refractivity contribution in [3.63, 3.8) is 0 Å². The lowest BCUT2D eigenvalue weighted by atomic mass is 10.1. The maximum Gasteiger partial charge on any atom is 0.340 e. The van der Waals surface area contributed by atoms with E-state index in [1.54, 1.807) is 36.4 Å². The molecule has 0 aliphatic carbocycles. The smallest absolute Gasteiger partial charge is 0.340 e. The first kappa shape index (κ1) is 16.5. The van der Waals surface area contributed by atoms with E-state index in [1.807, 2.05) is 0 Å². The lowest BCUT2D eigenvalue weighted by molar-refractivity contribution is 0.0470. The van der Waals surface area contributed by atoms with Gasteiger partial charge in [-0.3, -0.25) is 0 Å². The van der Waals surface area contributed by atoms with Gasteiger partial charge in [-0.25, -0.2) is 9.18 Å². The lowest BCUT2D eigenvalue weighted by Crippen LogP contribution is -2.12. The minimum Gasteiger partial charge on any atom is -0.457 e. The summed E-state index contributed by atoms with van der Waals surface area (Å²) in [7, 11) is 0. The molecule has 0 aliphatic rings. The highest BCUT2D eigenvalue weighted by molar-refractivity contribution is 9.10. The highest BCUT2D eigenvalue weighted by Crippen LogP contribution is 2.19. The quantitative estimate of drug-likeness (QED) is 0.768. The first-order valence-corrected chi connectivity index (χ1v) is 7.46. The average Bonchev–Trinajstić information content (AvgIpc) is 2.52. The number of halogens is 2. The van der Waals surface area contributed by atoms with Gasteiger partial charge in [0.1, 0.15) is 12.4 Å². The van der Waals surface area contributed by atoms with Crippen molar-refractivity contribution in [3.8, 4) is 0 Å². The summed E-state index contributed by atoms with van der Waals surface area (Å²) in [5.41, 5.74) is 1.21. The van der Waals surface area contributed by atoms with Crippen LogP contribution in [0.5, 0.6) is 0 Å².